The lowest BCUT2D eigenvalue weighted by molar-refractivity contribution is 0.425. The number of benzene rings is 1. The van der Waals surface area contributed by atoms with Crippen LogP contribution in [0.2, 0.25) is 0 Å². The van der Waals surface area contributed by atoms with E-state index in [9.17, 15) is 0 Å². The van der Waals surface area contributed by atoms with Crippen molar-refractivity contribution in [3.05, 3.63) is 41.7 Å². The van der Waals surface area contributed by atoms with Crippen molar-refractivity contribution in [1.82, 2.24) is 14.9 Å². The van der Waals surface area contributed by atoms with Crippen molar-refractivity contribution in [2.24, 2.45) is 0 Å². The summed E-state index contributed by atoms with van der Waals surface area (Å²) < 4.78 is 0. The van der Waals surface area contributed by atoms with Crippen molar-refractivity contribution in [1.29, 1.82) is 0 Å². The van der Waals surface area contributed by atoms with Crippen LogP contribution in [-0.4, -0.2) is 42.1 Å². The van der Waals surface area contributed by atoms with Crippen LogP contribution in [0, 0.1) is 6.92 Å². The SMILES string of the molecule is Cc1nc(NCCN(C)C)cc(Nc2ccc(C(C)(C)C)cc2)n1. The van der Waals surface area contributed by atoms with E-state index in [-0.39, 0.29) is 5.41 Å². The van der Waals surface area contributed by atoms with Gasteiger partial charge < -0.3 is 15.5 Å². The third kappa shape index (κ3) is 5.49. The summed E-state index contributed by atoms with van der Waals surface area (Å²) in [5.41, 5.74) is 2.51. The Kier molecular flexibility index (Phi) is 5.78. The number of hydrogen-bond acceptors (Lipinski definition) is 5. The average molecular weight is 327 g/mol. The maximum atomic E-state index is 4.47. The molecular weight excluding hydrogens is 298 g/mol. The fourth-order valence-corrected chi connectivity index (χ4v) is 2.33. The zero-order valence-electron chi connectivity index (χ0n) is 15.6. The first-order valence-electron chi connectivity index (χ1n) is 8.36. The molecule has 1 aromatic carbocycles. The molecule has 1 aromatic heterocycles. The molecule has 0 saturated carbocycles. The molecule has 2 aromatic rings. The molecule has 5 heteroatoms. The van der Waals surface area contributed by atoms with Gasteiger partial charge in [-0.15, -0.1) is 0 Å². The lowest BCUT2D eigenvalue weighted by Gasteiger charge is -2.19. The third-order valence-electron chi connectivity index (χ3n) is 3.73. The van der Waals surface area contributed by atoms with Gasteiger partial charge in [-0.1, -0.05) is 32.9 Å². The fraction of sp³-hybridized carbons (Fsp3) is 0.474. The predicted molar refractivity (Wildman–Crippen MR) is 102 cm³/mol. The standard InChI is InChI=1S/C19H29N5/c1-14-21-17(20-11-12-24(5)6)13-18(22-14)23-16-9-7-15(8-10-16)19(2,3)4/h7-10,13H,11-12H2,1-6H3,(H2,20,21,22,23). The van der Waals surface area contributed by atoms with Crippen LogP contribution in [0.5, 0.6) is 0 Å². The van der Waals surface area contributed by atoms with E-state index in [1.807, 2.05) is 13.0 Å². The topological polar surface area (TPSA) is 53.1 Å². The highest BCUT2D eigenvalue weighted by atomic mass is 15.1. The molecule has 2 rings (SSSR count). The summed E-state index contributed by atoms with van der Waals surface area (Å²) in [4.78, 5) is 11.0. The summed E-state index contributed by atoms with van der Waals surface area (Å²) in [6.07, 6.45) is 0. The molecule has 0 fully saturated rings. The summed E-state index contributed by atoms with van der Waals surface area (Å²) in [7, 11) is 4.11. The number of aromatic nitrogens is 2. The van der Waals surface area contributed by atoms with E-state index in [1.165, 1.54) is 5.56 Å². The van der Waals surface area contributed by atoms with Gasteiger partial charge in [0.1, 0.15) is 17.5 Å². The highest BCUT2D eigenvalue weighted by Crippen LogP contribution is 2.25. The molecule has 0 unspecified atom stereocenters. The van der Waals surface area contributed by atoms with Crippen LogP contribution in [0.4, 0.5) is 17.3 Å². The van der Waals surface area contributed by atoms with E-state index in [0.29, 0.717) is 0 Å². The lowest BCUT2D eigenvalue weighted by Crippen LogP contribution is -2.21. The largest absolute Gasteiger partial charge is 0.369 e. The second-order valence-corrected chi connectivity index (χ2v) is 7.37. The molecule has 0 saturated heterocycles. The van der Waals surface area contributed by atoms with Crippen molar-refractivity contribution in [2.45, 2.75) is 33.1 Å². The number of hydrogen-bond donors (Lipinski definition) is 2. The molecule has 0 bridgehead atoms. The first-order chi connectivity index (χ1) is 11.2. The minimum Gasteiger partial charge on any atom is -0.369 e. The molecule has 0 atom stereocenters. The molecule has 0 aliphatic carbocycles. The van der Waals surface area contributed by atoms with Gasteiger partial charge in [-0.25, -0.2) is 9.97 Å². The van der Waals surface area contributed by atoms with Gasteiger partial charge in [0.25, 0.3) is 0 Å². The molecule has 24 heavy (non-hydrogen) atoms. The average Bonchev–Trinajstić information content (AvgIpc) is 2.46. The minimum absolute atomic E-state index is 0.160. The second-order valence-electron chi connectivity index (χ2n) is 7.37. The number of anilines is 3. The van der Waals surface area contributed by atoms with E-state index in [1.54, 1.807) is 0 Å². The molecule has 2 N–H and O–H groups in total. The van der Waals surface area contributed by atoms with Gasteiger partial charge in [-0.2, -0.15) is 0 Å². The quantitative estimate of drug-likeness (QED) is 0.845. The molecular formula is C19H29N5. The summed E-state index contributed by atoms with van der Waals surface area (Å²) in [6, 6.07) is 10.5. The van der Waals surface area contributed by atoms with Gasteiger partial charge >= 0.3 is 0 Å². The van der Waals surface area contributed by atoms with Crippen molar-refractivity contribution in [3.63, 3.8) is 0 Å². The van der Waals surface area contributed by atoms with Gasteiger partial charge in [-0.05, 0) is 44.1 Å². The van der Waals surface area contributed by atoms with E-state index >= 15 is 0 Å². The monoisotopic (exact) mass is 327 g/mol. The van der Waals surface area contributed by atoms with E-state index in [2.05, 4.69) is 84.6 Å². The van der Waals surface area contributed by atoms with Crippen molar-refractivity contribution in [2.75, 3.05) is 37.8 Å². The highest BCUT2D eigenvalue weighted by molar-refractivity contribution is 5.59. The summed E-state index contributed by atoms with van der Waals surface area (Å²) in [5, 5.41) is 6.70. The molecule has 0 aliphatic heterocycles. The zero-order chi connectivity index (χ0) is 17.7. The highest BCUT2D eigenvalue weighted by Gasteiger charge is 2.13. The summed E-state index contributed by atoms with van der Waals surface area (Å²) in [6.45, 7) is 10.4. The minimum atomic E-state index is 0.160. The second kappa shape index (κ2) is 7.62. The Balaban J connectivity index is 2.07. The Bertz CT molecular complexity index is 656. The number of rotatable bonds is 6. The van der Waals surface area contributed by atoms with Gasteiger partial charge in [0.05, 0.1) is 0 Å². The third-order valence-corrected chi connectivity index (χ3v) is 3.73. The van der Waals surface area contributed by atoms with Gasteiger partial charge in [-0.3, -0.25) is 0 Å². The molecule has 0 aliphatic rings. The number of nitrogens with one attached hydrogen (secondary N) is 2. The lowest BCUT2D eigenvalue weighted by atomic mass is 9.87. The Hall–Kier alpha value is -2.14. The van der Waals surface area contributed by atoms with Crippen LogP contribution in [0.3, 0.4) is 0 Å². The van der Waals surface area contributed by atoms with E-state index in [0.717, 1.165) is 36.2 Å². The molecule has 0 amide bonds. The van der Waals surface area contributed by atoms with Crippen molar-refractivity contribution < 1.29 is 0 Å². The Morgan fingerprint density at radius 2 is 1.62 bits per heavy atom. The molecule has 5 nitrogen and oxygen atoms in total. The summed E-state index contributed by atoms with van der Waals surface area (Å²) in [5.74, 6) is 2.40. The van der Waals surface area contributed by atoms with Crippen LogP contribution in [0.15, 0.2) is 30.3 Å². The normalized spacial score (nSPS) is 11.6. The maximum Gasteiger partial charge on any atom is 0.136 e. The van der Waals surface area contributed by atoms with Crippen LogP contribution in [0.1, 0.15) is 32.2 Å². The van der Waals surface area contributed by atoms with E-state index in [4.69, 9.17) is 0 Å². The molecule has 0 radical (unpaired) electrons. The summed E-state index contributed by atoms with van der Waals surface area (Å²) >= 11 is 0. The molecule has 1 heterocycles. The Morgan fingerprint density at radius 1 is 1.00 bits per heavy atom. The van der Waals surface area contributed by atoms with Crippen LogP contribution in [0.25, 0.3) is 0 Å². The van der Waals surface area contributed by atoms with Crippen molar-refractivity contribution >= 4 is 17.3 Å². The fourth-order valence-electron chi connectivity index (χ4n) is 2.33. The number of nitrogens with zero attached hydrogens (tertiary/aromatic N) is 3. The Morgan fingerprint density at radius 3 is 2.21 bits per heavy atom. The number of aryl methyl sites for hydroxylation is 1. The van der Waals surface area contributed by atoms with Gasteiger partial charge in [0.15, 0.2) is 0 Å². The Labute approximate surface area is 145 Å². The zero-order valence-corrected chi connectivity index (χ0v) is 15.6. The molecule has 0 spiro atoms. The van der Waals surface area contributed by atoms with Crippen LogP contribution >= 0.6 is 0 Å². The van der Waals surface area contributed by atoms with Gasteiger partial charge in [0, 0.05) is 24.8 Å². The van der Waals surface area contributed by atoms with Crippen LogP contribution < -0.4 is 10.6 Å². The van der Waals surface area contributed by atoms with Crippen LogP contribution in [-0.2, 0) is 5.41 Å². The van der Waals surface area contributed by atoms with E-state index < -0.39 is 0 Å². The first kappa shape index (κ1) is 18.2. The first-order valence-corrected chi connectivity index (χ1v) is 8.36. The predicted octanol–water partition coefficient (Wildman–Crippen LogP) is 3.80. The van der Waals surface area contributed by atoms with Gasteiger partial charge in [0.2, 0.25) is 0 Å². The molecule has 130 valence electrons. The van der Waals surface area contributed by atoms with Crippen molar-refractivity contribution in [3.8, 4) is 0 Å². The smallest absolute Gasteiger partial charge is 0.136 e. The number of likely N-dealkylation sites (N-methyl/N-ethyl adjacent to an activating group) is 1. The maximum absolute atomic E-state index is 4.47.